The molecule has 0 atom stereocenters. The summed E-state index contributed by atoms with van der Waals surface area (Å²) in [7, 11) is 0. The lowest BCUT2D eigenvalue weighted by Gasteiger charge is -2.30. The van der Waals surface area contributed by atoms with Gasteiger partial charge in [-0.1, -0.05) is 19.9 Å². The van der Waals surface area contributed by atoms with Gasteiger partial charge in [-0.25, -0.2) is 14.3 Å². The Morgan fingerprint density at radius 2 is 1.94 bits per heavy atom. The van der Waals surface area contributed by atoms with Crippen LogP contribution in [0.3, 0.4) is 0 Å². The van der Waals surface area contributed by atoms with E-state index in [1.165, 1.54) is 27.0 Å². The molecule has 4 aromatic rings. The van der Waals surface area contributed by atoms with E-state index >= 15 is 0 Å². The number of aryl methyl sites for hydroxylation is 1. The minimum absolute atomic E-state index is 0.342. The van der Waals surface area contributed by atoms with E-state index in [4.69, 9.17) is 0 Å². The summed E-state index contributed by atoms with van der Waals surface area (Å²) in [5, 5.41) is 14.9. The van der Waals surface area contributed by atoms with Crippen molar-refractivity contribution >= 4 is 22.6 Å². The lowest BCUT2D eigenvalue weighted by atomic mass is 9.87. The molecule has 1 saturated heterocycles. The number of aromatic amines is 1. The molecule has 3 aromatic heterocycles. The highest BCUT2D eigenvalue weighted by Crippen LogP contribution is 2.39. The fourth-order valence-corrected chi connectivity index (χ4v) is 5.15. The van der Waals surface area contributed by atoms with Crippen LogP contribution in [0, 0.1) is 13.8 Å². The third-order valence-electron chi connectivity index (χ3n) is 7.07. The van der Waals surface area contributed by atoms with Crippen molar-refractivity contribution in [3.05, 3.63) is 53.0 Å². The fourth-order valence-electron chi connectivity index (χ4n) is 5.15. The Hall–Kier alpha value is -3.35. The van der Waals surface area contributed by atoms with Crippen molar-refractivity contribution in [2.45, 2.75) is 52.4 Å². The summed E-state index contributed by atoms with van der Waals surface area (Å²) < 4.78 is 1.86. The van der Waals surface area contributed by atoms with E-state index in [2.05, 4.69) is 67.2 Å². The number of H-pyrrole nitrogens is 1. The van der Waals surface area contributed by atoms with Gasteiger partial charge in [-0.2, -0.15) is 5.10 Å². The molecule has 32 heavy (non-hydrogen) atoms. The number of aromatic nitrogens is 4. The molecule has 7 nitrogen and oxygen atoms in total. The Morgan fingerprint density at radius 3 is 2.62 bits per heavy atom. The topological polar surface area (TPSA) is 86.5 Å². The quantitative estimate of drug-likeness (QED) is 0.450. The Kier molecular flexibility index (Phi) is 4.92. The van der Waals surface area contributed by atoms with Crippen molar-refractivity contribution < 1.29 is 9.90 Å². The second-order valence-corrected chi connectivity index (χ2v) is 9.24. The van der Waals surface area contributed by atoms with E-state index in [1.807, 2.05) is 4.52 Å². The number of hydrogen-bond acceptors (Lipinski definition) is 3. The van der Waals surface area contributed by atoms with E-state index in [-0.39, 0.29) is 0 Å². The van der Waals surface area contributed by atoms with Crippen LogP contribution in [0.4, 0.5) is 4.79 Å². The molecule has 0 spiro atoms. The van der Waals surface area contributed by atoms with Crippen molar-refractivity contribution in [1.29, 1.82) is 0 Å². The molecule has 0 aliphatic carbocycles. The van der Waals surface area contributed by atoms with Crippen LogP contribution in [0.1, 0.15) is 60.8 Å². The molecular formula is C25H29N5O2. The van der Waals surface area contributed by atoms with Crippen LogP contribution in [-0.4, -0.2) is 48.8 Å². The predicted molar refractivity (Wildman–Crippen MR) is 125 cm³/mol. The lowest BCUT2D eigenvalue weighted by Crippen LogP contribution is -2.36. The predicted octanol–water partition coefficient (Wildman–Crippen LogP) is 5.48. The first-order valence-corrected chi connectivity index (χ1v) is 11.3. The van der Waals surface area contributed by atoms with E-state index in [1.54, 1.807) is 6.33 Å². The summed E-state index contributed by atoms with van der Waals surface area (Å²) in [5.41, 5.74) is 9.28. The van der Waals surface area contributed by atoms with Crippen LogP contribution >= 0.6 is 0 Å². The SMILES string of the molecule is Cc1c(-c2[nH]c3ccc(C4CCN(C(=O)O)CC4)cc3c2C(C)C)cn2ncnc2c1C. The molecule has 4 heterocycles. The molecule has 1 amide bonds. The zero-order valence-corrected chi connectivity index (χ0v) is 19.0. The van der Waals surface area contributed by atoms with Crippen molar-refractivity contribution in [3.63, 3.8) is 0 Å². The van der Waals surface area contributed by atoms with E-state index < -0.39 is 6.09 Å². The zero-order chi connectivity index (χ0) is 22.6. The van der Waals surface area contributed by atoms with E-state index in [0.717, 1.165) is 40.8 Å². The van der Waals surface area contributed by atoms with Gasteiger partial charge in [0.2, 0.25) is 0 Å². The van der Waals surface area contributed by atoms with Gasteiger partial charge in [-0.3, -0.25) is 0 Å². The van der Waals surface area contributed by atoms with Crippen LogP contribution < -0.4 is 0 Å². The normalized spacial score (nSPS) is 15.3. The number of nitrogens with zero attached hydrogens (tertiary/aromatic N) is 4. The molecule has 2 N–H and O–H groups in total. The molecule has 5 rings (SSSR count). The summed E-state index contributed by atoms with van der Waals surface area (Å²) in [6.07, 6.45) is 4.60. The first kappa shape index (κ1) is 20.5. The van der Waals surface area contributed by atoms with Gasteiger partial charge < -0.3 is 15.0 Å². The highest BCUT2D eigenvalue weighted by molar-refractivity contribution is 5.92. The van der Waals surface area contributed by atoms with Crippen molar-refractivity contribution in [2.75, 3.05) is 13.1 Å². The molecule has 1 aliphatic heterocycles. The number of rotatable bonds is 3. The number of carboxylic acid groups (broad SMARTS) is 1. The zero-order valence-electron chi connectivity index (χ0n) is 19.0. The Morgan fingerprint density at radius 1 is 1.19 bits per heavy atom. The maximum atomic E-state index is 11.3. The van der Waals surface area contributed by atoms with Crippen LogP contribution in [-0.2, 0) is 0 Å². The van der Waals surface area contributed by atoms with Gasteiger partial charge >= 0.3 is 6.09 Å². The fraction of sp³-hybridized carbons (Fsp3) is 0.400. The second-order valence-electron chi connectivity index (χ2n) is 9.24. The van der Waals surface area contributed by atoms with Crippen molar-refractivity contribution in [1.82, 2.24) is 24.5 Å². The summed E-state index contributed by atoms with van der Waals surface area (Å²) in [4.78, 5) is 20.9. The van der Waals surface area contributed by atoms with Crippen LogP contribution in [0.25, 0.3) is 27.8 Å². The maximum absolute atomic E-state index is 11.3. The molecule has 0 unspecified atom stereocenters. The van der Waals surface area contributed by atoms with E-state index in [9.17, 15) is 9.90 Å². The second kappa shape index (κ2) is 7.65. The molecule has 0 bridgehead atoms. The third-order valence-corrected chi connectivity index (χ3v) is 7.07. The standard InChI is InChI=1S/C25H29N5O2/c1-14(2)22-19-11-18(17-7-9-29(10-8-17)25(31)32)5-6-21(19)28-23(22)20-12-30-24(26-13-27-30)16(4)15(20)3/h5-6,11-14,17,28H,7-10H2,1-4H3,(H,31,32). The number of fused-ring (bicyclic) bond motifs is 2. The molecule has 1 fully saturated rings. The minimum atomic E-state index is -0.814. The molecule has 1 aliphatic rings. The van der Waals surface area contributed by atoms with Crippen molar-refractivity contribution in [2.24, 2.45) is 0 Å². The van der Waals surface area contributed by atoms with Gasteiger partial charge in [0.05, 0.1) is 5.69 Å². The molecule has 7 heteroatoms. The van der Waals surface area contributed by atoms with Crippen molar-refractivity contribution in [3.8, 4) is 11.3 Å². The first-order valence-electron chi connectivity index (χ1n) is 11.3. The van der Waals surface area contributed by atoms with Gasteiger partial charge in [0.25, 0.3) is 0 Å². The van der Waals surface area contributed by atoms with Gasteiger partial charge in [0.1, 0.15) is 6.33 Å². The highest BCUT2D eigenvalue weighted by atomic mass is 16.4. The van der Waals surface area contributed by atoms with Gasteiger partial charge in [0, 0.05) is 35.8 Å². The summed E-state index contributed by atoms with van der Waals surface area (Å²) in [6, 6.07) is 6.70. The average Bonchev–Trinajstić information content (AvgIpc) is 3.40. The number of likely N-dealkylation sites (tertiary alicyclic amines) is 1. The van der Waals surface area contributed by atoms with Gasteiger partial charge in [-0.15, -0.1) is 0 Å². The van der Waals surface area contributed by atoms with Crippen LogP contribution in [0.5, 0.6) is 0 Å². The van der Waals surface area contributed by atoms with E-state index in [0.29, 0.717) is 24.9 Å². The largest absolute Gasteiger partial charge is 0.465 e. The number of amides is 1. The summed E-state index contributed by atoms with van der Waals surface area (Å²) >= 11 is 0. The van der Waals surface area contributed by atoms with Crippen LogP contribution in [0.15, 0.2) is 30.7 Å². The maximum Gasteiger partial charge on any atom is 0.407 e. The summed E-state index contributed by atoms with van der Waals surface area (Å²) in [5.74, 6) is 0.734. The lowest BCUT2D eigenvalue weighted by molar-refractivity contribution is 0.132. The number of nitrogens with one attached hydrogen (secondary N) is 1. The first-order chi connectivity index (χ1) is 15.3. The highest BCUT2D eigenvalue weighted by Gasteiger charge is 2.25. The molecule has 166 valence electrons. The Labute approximate surface area is 187 Å². The molecule has 0 radical (unpaired) electrons. The Bertz CT molecular complexity index is 1330. The average molecular weight is 432 g/mol. The molecule has 0 saturated carbocycles. The number of hydrogen-bond donors (Lipinski definition) is 2. The number of carbonyl (C=O) groups is 1. The number of pyridine rings is 1. The Balaban J connectivity index is 1.61. The number of piperidine rings is 1. The number of benzene rings is 1. The minimum Gasteiger partial charge on any atom is -0.465 e. The monoisotopic (exact) mass is 431 g/mol. The summed E-state index contributed by atoms with van der Waals surface area (Å²) in [6.45, 7) is 9.92. The molecule has 1 aromatic carbocycles. The van der Waals surface area contributed by atoms with Gasteiger partial charge in [0.15, 0.2) is 5.65 Å². The third kappa shape index (κ3) is 3.23. The van der Waals surface area contributed by atoms with Crippen LogP contribution in [0.2, 0.25) is 0 Å². The van der Waals surface area contributed by atoms with Gasteiger partial charge in [-0.05, 0) is 72.9 Å². The smallest absolute Gasteiger partial charge is 0.407 e. The molecular weight excluding hydrogens is 402 g/mol.